The topological polar surface area (TPSA) is 51.0 Å². The maximum Gasteiger partial charge on any atom is 0.416 e. The summed E-state index contributed by atoms with van der Waals surface area (Å²) in [5, 5.41) is 10.8. The molecule has 0 amide bonds. The Labute approximate surface area is 136 Å². The molecule has 0 spiro atoms. The first-order chi connectivity index (χ1) is 11.5. The third kappa shape index (κ3) is 3.92. The Bertz CT molecular complexity index is 800. The molecule has 24 heavy (non-hydrogen) atoms. The summed E-state index contributed by atoms with van der Waals surface area (Å²) in [4.78, 5) is 0. The van der Waals surface area contributed by atoms with E-state index in [1.54, 1.807) is 6.07 Å². The lowest BCUT2D eigenvalue weighted by atomic mass is 10.2. The van der Waals surface area contributed by atoms with Gasteiger partial charge in [0.05, 0.1) is 5.56 Å². The van der Waals surface area contributed by atoms with Crippen molar-refractivity contribution in [3.63, 3.8) is 0 Å². The molecule has 124 valence electrons. The van der Waals surface area contributed by atoms with Gasteiger partial charge < -0.3 is 9.73 Å². The summed E-state index contributed by atoms with van der Waals surface area (Å²) < 4.78 is 43.5. The first kappa shape index (κ1) is 16.0. The summed E-state index contributed by atoms with van der Waals surface area (Å²) in [6.45, 7) is 0.387. The van der Waals surface area contributed by atoms with Crippen molar-refractivity contribution < 1.29 is 17.6 Å². The number of aromatic nitrogens is 2. The van der Waals surface area contributed by atoms with E-state index < -0.39 is 11.7 Å². The van der Waals surface area contributed by atoms with Gasteiger partial charge in [0.1, 0.15) is 0 Å². The SMILES string of the molecule is FC(F)(F)c1cccc(NCCc2nnc(-c3ccccc3)o2)c1. The second-order valence-electron chi connectivity index (χ2n) is 5.12. The van der Waals surface area contributed by atoms with Crippen molar-refractivity contribution in [1.29, 1.82) is 0 Å². The zero-order valence-electron chi connectivity index (χ0n) is 12.5. The third-order valence-corrected chi connectivity index (χ3v) is 3.35. The van der Waals surface area contributed by atoms with E-state index in [0.29, 0.717) is 30.4 Å². The molecule has 1 N–H and O–H groups in total. The Balaban J connectivity index is 1.59. The van der Waals surface area contributed by atoms with Gasteiger partial charge in [-0.15, -0.1) is 10.2 Å². The van der Waals surface area contributed by atoms with E-state index in [1.807, 2.05) is 30.3 Å². The molecule has 0 saturated carbocycles. The molecule has 1 heterocycles. The van der Waals surface area contributed by atoms with Gasteiger partial charge in [-0.3, -0.25) is 0 Å². The van der Waals surface area contributed by atoms with Crippen molar-refractivity contribution in [2.45, 2.75) is 12.6 Å². The minimum atomic E-state index is -4.35. The van der Waals surface area contributed by atoms with E-state index in [1.165, 1.54) is 6.07 Å². The molecule has 0 aliphatic heterocycles. The highest BCUT2D eigenvalue weighted by molar-refractivity contribution is 5.51. The summed E-state index contributed by atoms with van der Waals surface area (Å²) in [5.74, 6) is 0.845. The number of hydrogen-bond donors (Lipinski definition) is 1. The van der Waals surface area contributed by atoms with Crippen LogP contribution in [0.15, 0.2) is 59.0 Å². The Morgan fingerprint density at radius 2 is 1.75 bits per heavy atom. The molecule has 2 aromatic carbocycles. The van der Waals surface area contributed by atoms with E-state index in [-0.39, 0.29) is 0 Å². The summed E-state index contributed by atoms with van der Waals surface area (Å²) in [6, 6.07) is 14.4. The molecule has 0 bridgehead atoms. The van der Waals surface area contributed by atoms with Crippen LogP contribution in [0.3, 0.4) is 0 Å². The van der Waals surface area contributed by atoms with Crippen LogP contribution < -0.4 is 5.32 Å². The van der Waals surface area contributed by atoms with Gasteiger partial charge in [0.25, 0.3) is 0 Å². The second kappa shape index (κ2) is 6.74. The lowest BCUT2D eigenvalue weighted by Crippen LogP contribution is -2.08. The van der Waals surface area contributed by atoms with Crippen molar-refractivity contribution in [3.8, 4) is 11.5 Å². The molecule has 0 atom stereocenters. The molecule has 3 rings (SSSR count). The Hall–Kier alpha value is -2.83. The molecular weight excluding hydrogens is 319 g/mol. The van der Waals surface area contributed by atoms with Crippen molar-refractivity contribution >= 4 is 5.69 Å². The Morgan fingerprint density at radius 1 is 0.958 bits per heavy atom. The molecule has 1 aromatic heterocycles. The summed E-state index contributed by atoms with van der Waals surface area (Å²) in [6.07, 6.45) is -3.94. The molecule has 0 aliphatic rings. The van der Waals surface area contributed by atoms with Crippen molar-refractivity contribution in [1.82, 2.24) is 10.2 Å². The standard InChI is InChI=1S/C17H14F3N3O/c18-17(19,20)13-7-4-8-14(11-13)21-10-9-15-22-23-16(24-15)12-5-2-1-3-6-12/h1-8,11,21H,9-10H2. The van der Waals surface area contributed by atoms with Crippen LogP contribution in [0.25, 0.3) is 11.5 Å². The molecule has 4 nitrogen and oxygen atoms in total. The molecular formula is C17H14F3N3O. The normalized spacial score (nSPS) is 11.5. The maximum absolute atomic E-state index is 12.7. The smallest absolute Gasteiger partial charge is 0.416 e. The number of alkyl halides is 3. The zero-order valence-corrected chi connectivity index (χ0v) is 12.5. The Kier molecular flexibility index (Phi) is 4.50. The third-order valence-electron chi connectivity index (χ3n) is 3.35. The number of benzene rings is 2. The first-order valence-electron chi connectivity index (χ1n) is 7.31. The monoisotopic (exact) mass is 333 g/mol. The van der Waals surface area contributed by atoms with Crippen LogP contribution in [0, 0.1) is 0 Å². The van der Waals surface area contributed by atoms with Gasteiger partial charge in [0, 0.05) is 24.2 Å². The van der Waals surface area contributed by atoms with Crippen molar-refractivity contribution in [2.24, 2.45) is 0 Å². The number of nitrogens with one attached hydrogen (secondary N) is 1. The van der Waals surface area contributed by atoms with Gasteiger partial charge in [0.15, 0.2) is 0 Å². The number of nitrogens with zero attached hydrogens (tertiary/aromatic N) is 2. The highest BCUT2D eigenvalue weighted by Crippen LogP contribution is 2.30. The van der Waals surface area contributed by atoms with Crippen LogP contribution in [0.1, 0.15) is 11.5 Å². The van der Waals surface area contributed by atoms with Gasteiger partial charge >= 0.3 is 6.18 Å². The van der Waals surface area contributed by atoms with Crippen LogP contribution in [-0.4, -0.2) is 16.7 Å². The lowest BCUT2D eigenvalue weighted by Gasteiger charge is -2.09. The minimum absolute atomic E-state index is 0.387. The van der Waals surface area contributed by atoms with Gasteiger partial charge in [0.2, 0.25) is 11.8 Å². The first-order valence-corrected chi connectivity index (χ1v) is 7.31. The minimum Gasteiger partial charge on any atom is -0.421 e. The summed E-state index contributed by atoms with van der Waals surface area (Å²) in [5.41, 5.74) is 0.534. The molecule has 0 saturated heterocycles. The highest BCUT2D eigenvalue weighted by atomic mass is 19.4. The molecule has 0 aliphatic carbocycles. The second-order valence-corrected chi connectivity index (χ2v) is 5.12. The molecule has 0 fully saturated rings. The van der Waals surface area contributed by atoms with E-state index in [4.69, 9.17) is 4.42 Å². The average Bonchev–Trinajstić information content (AvgIpc) is 3.04. The zero-order chi connectivity index (χ0) is 17.0. The fraction of sp³-hybridized carbons (Fsp3) is 0.176. The Morgan fingerprint density at radius 3 is 2.50 bits per heavy atom. The van der Waals surface area contributed by atoms with E-state index in [2.05, 4.69) is 15.5 Å². The van der Waals surface area contributed by atoms with Crippen molar-refractivity contribution in [2.75, 3.05) is 11.9 Å². The fourth-order valence-corrected chi connectivity index (χ4v) is 2.17. The van der Waals surface area contributed by atoms with Crippen LogP contribution in [0.5, 0.6) is 0 Å². The molecule has 3 aromatic rings. The molecule has 0 radical (unpaired) electrons. The number of hydrogen-bond acceptors (Lipinski definition) is 4. The maximum atomic E-state index is 12.7. The van der Waals surface area contributed by atoms with Crippen LogP contribution >= 0.6 is 0 Å². The highest BCUT2D eigenvalue weighted by Gasteiger charge is 2.30. The average molecular weight is 333 g/mol. The molecule has 7 heteroatoms. The van der Waals surface area contributed by atoms with Crippen molar-refractivity contribution in [3.05, 3.63) is 66.1 Å². The largest absolute Gasteiger partial charge is 0.421 e. The van der Waals surface area contributed by atoms with E-state index in [0.717, 1.165) is 17.7 Å². The summed E-state index contributed by atoms with van der Waals surface area (Å²) >= 11 is 0. The number of halogens is 3. The lowest BCUT2D eigenvalue weighted by molar-refractivity contribution is -0.137. The fourth-order valence-electron chi connectivity index (χ4n) is 2.17. The predicted octanol–water partition coefficient (Wildman–Crippen LogP) is 4.41. The number of anilines is 1. The van der Waals surface area contributed by atoms with Gasteiger partial charge in [-0.1, -0.05) is 24.3 Å². The summed E-state index contributed by atoms with van der Waals surface area (Å²) in [7, 11) is 0. The molecule has 0 unspecified atom stereocenters. The van der Waals surface area contributed by atoms with Crippen LogP contribution in [-0.2, 0) is 12.6 Å². The van der Waals surface area contributed by atoms with Gasteiger partial charge in [-0.2, -0.15) is 13.2 Å². The number of rotatable bonds is 5. The van der Waals surface area contributed by atoms with Crippen LogP contribution in [0.2, 0.25) is 0 Å². The van der Waals surface area contributed by atoms with Crippen LogP contribution in [0.4, 0.5) is 18.9 Å². The van der Waals surface area contributed by atoms with Gasteiger partial charge in [-0.05, 0) is 30.3 Å². The van der Waals surface area contributed by atoms with E-state index in [9.17, 15) is 13.2 Å². The quantitative estimate of drug-likeness (QED) is 0.751. The van der Waals surface area contributed by atoms with E-state index >= 15 is 0 Å². The van der Waals surface area contributed by atoms with Gasteiger partial charge in [-0.25, -0.2) is 0 Å². The predicted molar refractivity (Wildman–Crippen MR) is 83.4 cm³/mol.